The Bertz CT molecular complexity index is 1090. The van der Waals surface area contributed by atoms with Crippen LogP contribution in [0.4, 0.5) is 17.5 Å². The zero-order valence-corrected chi connectivity index (χ0v) is 20.2. The number of sulfonamides is 1. The number of rotatable bonds is 5. The third-order valence-corrected chi connectivity index (χ3v) is 7.90. The summed E-state index contributed by atoms with van der Waals surface area (Å²) in [6.07, 6.45) is 0. The zero-order chi connectivity index (χ0) is 23.6. The summed E-state index contributed by atoms with van der Waals surface area (Å²) in [6, 6.07) is 8.27. The maximum atomic E-state index is 13.1. The lowest BCUT2D eigenvalue weighted by atomic mass is 10.3. The Morgan fingerprint density at radius 1 is 0.909 bits per heavy atom. The summed E-state index contributed by atoms with van der Waals surface area (Å²) in [4.78, 5) is 27.5. The zero-order valence-electron chi connectivity index (χ0n) is 19.4. The van der Waals surface area contributed by atoms with E-state index in [-0.39, 0.29) is 10.8 Å². The lowest BCUT2D eigenvalue weighted by Crippen LogP contribution is -2.49. The topological polar surface area (TPSA) is 102 Å². The number of piperazine rings is 2. The van der Waals surface area contributed by atoms with Gasteiger partial charge in [0.15, 0.2) is 0 Å². The fourth-order valence-corrected chi connectivity index (χ4v) is 5.49. The quantitative estimate of drug-likeness (QED) is 0.687. The van der Waals surface area contributed by atoms with Gasteiger partial charge in [0.25, 0.3) is 0 Å². The van der Waals surface area contributed by atoms with Crippen LogP contribution in [0, 0.1) is 6.92 Å². The molecule has 0 aliphatic carbocycles. The second kappa shape index (κ2) is 9.62. The Labute approximate surface area is 195 Å². The number of hydrogen-bond acceptors (Lipinski definition) is 8. The van der Waals surface area contributed by atoms with E-state index < -0.39 is 10.0 Å². The molecule has 0 radical (unpaired) electrons. The number of likely N-dealkylation sites (N-methyl/N-ethyl adjacent to an activating group) is 1. The summed E-state index contributed by atoms with van der Waals surface area (Å²) in [7, 11) is -1.49. The second-order valence-electron chi connectivity index (χ2n) is 8.55. The molecule has 33 heavy (non-hydrogen) atoms. The van der Waals surface area contributed by atoms with Crippen molar-refractivity contribution in [3.8, 4) is 0 Å². The van der Waals surface area contributed by atoms with E-state index in [2.05, 4.69) is 32.0 Å². The molecule has 1 N–H and O–H groups in total. The van der Waals surface area contributed by atoms with Gasteiger partial charge >= 0.3 is 0 Å². The number of anilines is 3. The molecule has 3 heterocycles. The van der Waals surface area contributed by atoms with Gasteiger partial charge in [-0.1, -0.05) is 0 Å². The van der Waals surface area contributed by atoms with E-state index in [4.69, 9.17) is 4.98 Å². The highest BCUT2D eigenvalue weighted by Crippen LogP contribution is 2.23. The van der Waals surface area contributed by atoms with E-state index in [9.17, 15) is 13.2 Å². The molecule has 1 amide bonds. The van der Waals surface area contributed by atoms with Crippen LogP contribution in [0.5, 0.6) is 0 Å². The van der Waals surface area contributed by atoms with Gasteiger partial charge in [0.1, 0.15) is 5.82 Å². The third kappa shape index (κ3) is 5.43. The minimum atomic E-state index is -3.61. The number of aromatic nitrogens is 2. The van der Waals surface area contributed by atoms with Gasteiger partial charge in [0, 0.05) is 76.7 Å². The minimum Gasteiger partial charge on any atom is -0.354 e. The van der Waals surface area contributed by atoms with Crippen LogP contribution in [0.3, 0.4) is 0 Å². The van der Waals surface area contributed by atoms with Crippen molar-refractivity contribution in [2.45, 2.75) is 18.7 Å². The molecule has 2 aliphatic rings. The summed E-state index contributed by atoms with van der Waals surface area (Å²) < 4.78 is 27.7. The monoisotopic (exact) mass is 473 g/mol. The average Bonchev–Trinajstić information content (AvgIpc) is 2.79. The normalized spacial score (nSPS) is 18.4. The summed E-state index contributed by atoms with van der Waals surface area (Å²) in [5, 5.41) is 2.65. The molecule has 0 atom stereocenters. The van der Waals surface area contributed by atoms with Gasteiger partial charge in [-0.2, -0.15) is 9.29 Å². The molecule has 1 aromatic heterocycles. The van der Waals surface area contributed by atoms with Gasteiger partial charge in [-0.25, -0.2) is 13.4 Å². The molecule has 2 fully saturated rings. The van der Waals surface area contributed by atoms with Gasteiger partial charge in [-0.3, -0.25) is 4.79 Å². The molecule has 2 aliphatic heterocycles. The predicted molar refractivity (Wildman–Crippen MR) is 128 cm³/mol. The van der Waals surface area contributed by atoms with Gasteiger partial charge in [0.05, 0.1) is 4.90 Å². The number of carbonyl (C=O) groups is 1. The van der Waals surface area contributed by atoms with Crippen molar-refractivity contribution in [1.29, 1.82) is 0 Å². The van der Waals surface area contributed by atoms with Gasteiger partial charge in [0.2, 0.25) is 21.9 Å². The third-order valence-electron chi connectivity index (χ3n) is 5.99. The molecule has 1 aromatic carbocycles. The molecule has 178 valence electrons. The molecular formula is C22H31N7O3S. The first-order valence-corrected chi connectivity index (χ1v) is 12.6. The predicted octanol–water partition coefficient (Wildman–Crippen LogP) is 1.01. The largest absolute Gasteiger partial charge is 0.354 e. The molecule has 2 saturated heterocycles. The number of nitrogens with one attached hydrogen (secondary N) is 1. The van der Waals surface area contributed by atoms with Crippen LogP contribution >= 0.6 is 0 Å². The van der Waals surface area contributed by atoms with Crippen molar-refractivity contribution < 1.29 is 13.2 Å². The molecular weight excluding hydrogens is 442 g/mol. The Morgan fingerprint density at radius 2 is 1.52 bits per heavy atom. The van der Waals surface area contributed by atoms with Crippen LogP contribution in [0.25, 0.3) is 0 Å². The minimum absolute atomic E-state index is 0.198. The first kappa shape index (κ1) is 23.4. The SMILES string of the molecule is CC(=O)Nc1ccc(S(=O)(=O)N2CCN(c3nc(C)cc(N4CCN(C)CC4)n3)CC2)cc1. The Kier molecular flexibility index (Phi) is 6.82. The molecule has 2 aromatic rings. The first-order valence-electron chi connectivity index (χ1n) is 11.1. The smallest absolute Gasteiger partial charge is 0.243 e. The van der Waals surface area contributed by atoms with Crippen LogP contribution in [-0.2, 0) is 14.8 Å². The first-order chi connectivity index (χ1) is 15.7. The lowest BCUT2D eigenvalue weighted by molar-refractivity contribution is -0.114. The standard InChI is InChI=1S/C22H31N7O3S/c1-17-16-21(27-10-8-26(3)9-11-27)25-22(23-17)28-12-14-29(15-13-28)33(31,32)20-6-4-19(5-7-20)24-18(2)30/h4-7,16H,8-15H2,1-3H3,(H,24,30). The van der Waals surface area contributed by atoms with Gasteiger partial charge < -0.3 is 20.0 Å². The number of aryl methyl sites for hydroxylation is 1. The van der Waals surface area contributed by atoms with Crippen molar-refractivity contribution >= 4 is 33.4 Å². The number of amides is 1. The van der Waals surface area contributed by atoms with Crippen LogP contribution in [0.2, 0.25) is 0 Å². The Hall–Kier alpha value is -2.76. The Morgan fingerprint density at radius 3 is 2.12 bits per heavy atom. The summed E-state index contributed by atoms with van der Waals surface area (Å²) in [5.74, 6) is 1.39. The highest BCUT2D eigenvalue weighted by atomic mass is 32.2. The van der Waals surface area contributed by atoms with E-state index in [0.29, 0.717) is 37.8 Å². The van der Waals surface area contributed by atoms with Crippen LogP contribution in [0.1, 0.15) is 12.6 Å². The van der Waals surface area contributed by atoms with E-state index in [1.807, 2.05) is 13.0 Å². The Balaban J connectivity index is 1.42. The fraction of sp³-hybridized carbons (Fsp3) is 0.500. The molecule has 4 rings (SSSR count). The molecule has 0 bridgehead atoms. The molecule has 0 saturated carbocycles. The maximum Gasteiger partial charge on any atom is 0.243 e. The lowest BCUT2D eigenvalue weighted by Gasteiger charge is -2.36. The van der Waals surface area contributed by atoms with Crippen LogP contribution in [-0.4, -0.2) is 92.9 Å². The van der Waals surface area contributed by atoms with Gasteiger partial charge in [-0.15, -0.1) is 0 Å². The molecule has 11 heteroatoms. The molecule has 0 spiro atoms. The summed E-state index contributed by atoms with van der Waals surface area (Å²) in [5.41, 5.74) is 1.47. The second-order valence-corrected chi connectivity index (χ2v) is 10.5. The molecule has 0 unspecified atom stereocenters. The van der Waals surface area contributed by atoms with E-state index >= 15 is 0 Å². The van der Waals surface area contributed by atoms with E-state index in [1.54, 1.807) is 12.1 Å². The van der Waals surface area contributed by atoms with Crippen LogP contribution in [0.15, 0.2) is 35.2 Å². The van der Waals surface area contributed by atoms with Gasteiger partial charge in [-0.05, 0) is 38.2 Å². The summed E-state index contributed by atoms with van der Waals surface area (Å²) in [6.45, 7) is 9.00. The maximum absolute atomic E-state index is 13.1. The van der Waals surface area contributed by atoms with Crippen molar-refractivity contribution in [2.75, 3.05) is 74.5 Å². The fourth-order valence-electron chi connectivity index (χ4n) is 4.07. The van der Waals surface area contributed by atoms with Crippen molar-refractivity contribution in [1.82, 2.24) is 19.2 Å². The van der Waals surface area contributed by atoms with Crippen molar-refractivity contribution in [2.24, 2.45) is 0 Å². The number of carbonyl (C=O) groups excluding carboxylic acids is 1. The van der Waals surface area contributed by atoms with Crippen molar-refractivity contribution in [3.05, 3.63) is 36.0 Å². The highest BCUT2D eigenvalue weighted by Gasteiger charge is 2.30. The number of nitrogens with zero attached hydrogens (tertiary/aromatic N) is 6. The van der Waals surface area contributed by atoms with Crippen LogP contribution < -0.4 is 15.1 Å². The highest BCUT2D eigenvalue weighted by molar-refractivity contribution is 7.89. The number of benzene rings is 1. The number of hydrogen-bond donors (Lipinski definition) is 1. The summed E-state index contributed by atoms with van der Waals surface area (Å²) >= 11 is 0. The van der Waals surface area contributed by atoms with E-state index in [0.717, 1.165) is 37.7 Å². The van der Waals surface area contributed by atoms with E-state index in [1.165, 1.54) is 23.4 Å². The average molecular weight is 474 g/mol. The van der Waals surface area contributed by atoms with Crippen molar-refractivity contribution in [3.63, 3.8) is 0 Å². The molecule has 10 nitrogen and oxygen atoms in total.